The first-order valence-electron chi connectivity index (χ1n) is 10.0. The number of carbonyl (C=O) groups excluding carboxylic acids is 2. The molecule has 1 aliphatic heterocycles. The Balaban J connectivity index is 1.52. The molecule has 2 aromatic rings. The first-order chi connectivity index (χ1) is 13.9. The summed E-state index contributed by atoms with van der Waals surface area (Å²) in [6, 6.07) is 13.1. The van der Waals surface area contributed by atoms with Crippen LogP contribution >= 0.6 is 22.9 Å². The van der Waals surface area contributed by atoms with Crippen LogP contribution in [0.3, 0.4) is 0 Å². The summed E-state index contributed by atoms with van der Waals surface area (Å²) in [5.41, 5.74) is 0.947. The molecular weight excluding hydrogens is 406 g/mol. The number of halogens is 1. The maximum atomic E-state index is 13.1. The maximum Gasteiger partial charge on any atom is 0.245 e. The van der Waals surface area contributed by atoms with E-state index in [1.54, 1.807) is 11.3 Å². The number of benzene rings is 1. The second-order valence-electron chi connectivity index (χ2n) is 7.76. The topological polar surface area (TPSA) is 52.7 Å². The van der Waals surface area contributed by atoms with E-state index in [-0.39, 0.29) is 24.2 Å². The molecule has 0 spiro atoms. The fourth-order valence-corrected chi connectivity index (χ4v) is 4.63. The summed E-state index contributed by atoms with van der Waals surface area (Å²) < 4.78 is 0.805. The van der Waals surface area contributed by atoms with Gasteiger partial charge in [0, 0.05) is 37.6 Å². The number of hydrogen-bond donors (Lipinski definition) is 1. The van der Waals surface area contributed by atoms with Gasteiger partial charge >= 0.3 is 0 Å². The van der Waals surface area contributed by atoms with Crippen molar-refractivity contribution in [2.24, 2.45) is 5.92 Å². The lowest BCUT2D eigenvalue weighted by atomic mass is 10.0. The summed E-state index contributed by atoms with van der Waals surface area (Å²) >= 11 is 7.61. The lowest BCUT2D eigenvalue weighted by molar-refractivity contribution is -0.139. The number of thiophene rings is 1. The highest BCUT2D eigenvalue weighted by Gasteiger charge is 2.30. The number of hydrogen-bond acceptors (Lipinski definition) is 4. The molecule has 7 heteroatoms. The van der Waals surface area contributed by atoms with Gasteiger partial charge in [0.1, 0.15) is 6.04 Å². The van der Waals surface area contributed by atoms with Gasteiger partial charge in [0.25, 0.3) is 0 Å². The van der Waals surface area contributed by atoms with Crippen molar-refractivity contribution in [3.05, 3.63) is 57.2 Å². The molecule has 0 unspecified atom stereocenters. The number of carbonyl (C=O) groups is 2. The van der Waals surface area contributed by atoms with Gasteiger partial charge in [-0.05, 0) is 23.6 Å². The van der Waals surface area contributed by atoms with Crippen LogP contribution in [0.2, 0.25) is 4.34 Å². The van der Waals surface area contributed by atoms with E-state index in [1.807, 2.05) is 55.1 Å². The van der Waals surface area contributed by atoms with Crippen molar-refractivity contribution in [1.29, 1.82) is 0 Å². The molecule has 1 aromatic heterocycles. The van der Waals surface area contributed by atoms with E-state index in [0.29, 0.717) is 13.1 Å². The monoisotopic (exact) mass is 433 g/mol. The van der Waals surface area contributed by atoms with Gasteiger partial charge in [-0.1, -0.05) is 55.8 Å². The Morgan fingerprint density at radius 2 is 1.76 bits per heavy atom. The molecule has 1 N–H and O–H groups in total. The van der Waals surface area contributed by atoms with Crippen molar-refractivity contribution in [3.8, 4) is 0 Å². The molecule has 2 heterocycles. The lowest BCUT2D eigenvalue weighted by Gasteiger charge is -2.37. The van der Waals surface area contributed by atoms with Crippen LogP contribution in [0, 0.1) is 5.92 Å². The Morgan fingerprint density at radius 1 is 1.07 bits per heavy atom. The van der Waals surface area contributed by atoms with E-state index in [2.05, 4.69) is 16.3 Å². The first kappa shape index (κ1) is 21.8. The normalized spacial score (nSPS) is 16.1. The molecule has 1 aromatic carbocycles. The molecule has 156 valence electrons. The van der Waals surface area contributed by atoms with Crippen LogP contribution in [0.15, 0.2) is 42.5 Å². The van der Waals surface area contributed by atoms with Crippen LogP contribution in [-0.4, -0.2) is 53.8 Å². The predicted octanol–water partition coefficient (Wildman–Crippen LogP) is 3.43. The standard InChI is InChI=1S/C22H28ClN3O2S/c1-16(2)21(24-20(27)14-17-6-4-3-5-7-17)22(28)26-12-10-25(11-13-26)15-18-8-9-19(23)29-18/h3-9,16,21H,10-15H2,1-2H3,(H,24,27)/t21-/m1/s1. The van der Waals surface area contributed by atoms with Crippen molar-refractivity contribution in [3.63, 3.8) is 0 Å². The molecule has 29 heavy (non-hydrogen) atoms. The Hall–Kier alpha value is -1.89. The highest BCUT2D eigenvalue weighted by Crippen LogP contribution is 2.23. The number of nitrogens with zero attached hydrogens (tertiary/aromatic N) is 2. The largest absolute Gasteiger partial charge is 0.344 e. The fraction of sp³-hybridized carbons (Fsp3) is 0.455. The molecule has 0 radical (unpaired) electrons. The Bertz CT molecular complexity index is 816. The quantitative estimate of drug-likeness (QED) is 0.727. The van der Waals surface area contributed by atoms with Gasteiger partial charge in [0.2, 0.25) is 11.8 Å². The van der Waals surface area contributed by atoms with Crippen LogP contribution in [0.1, 0.15) is 24.3 Å². The Kier molecular flexibility index (Phi) is 7.70. The van der Waals surface area contributed by atoms with Crippen LogP contribution < -0.4 is 5.32 Å². The summed E-state index contributed by atoms with van der Waals surface area (Å²) in [7, 11) is 0. The SMILES string of the molecule is CC(C)[C@@H](NC(=O)Cc1ccccc1)C(=O)N1CCN(Cc2ccc(Cl)s2)CC1. The third kappa shape index (κ3) is 6.29. The van der Waals surface area contributed by atoms with E-state index in [4.69, 9.17) is 11.6 Å². The molecule has 1 aliphatic rings. The Morgan fingerprint density at radius 3 is 2.34 bits per heavy atom. The van der Waals surface area contributed by atoms with Crippen molar-refractivity contribution in [2.45, 2.75) is 32.9 Å². The zero-order chi connectivity index (χ0) is 20.8. The minimum Gasteiger partial charge on any atom is -0.344 e. The average Bonchev–Trinajstić information content (AvgIpc) is 3.11. The average molecular weight is 434 g/mol. The van der Waals surface area contributed by atoms with Crippen LogP contribution in [-0.2, 0) is 22.6 Å². The molecule has 1 fully saturated rings. The van der Waals surface area contributed by atoms with E-state index >= 15 is 0 Å². The van der Waals surface area contributed by atoms with Gasteiger partial charge in [-0.15, -0.1) is 11.3 Å². The van der Waals surface area contributed by atoms with Crippen molar-refractivity contribution < 1.29 is 9.59 Å². The molecule has 1 atom stereocenters. The smallest absolute Gasteiger partial charge is 0.245 e. The molecule has 2 amide bonds. The minimum absolute atomic E-state index is 0.0141. The fourth-order valence-electron chi connectivity index (χ4n) is 3.50. The molecule has 0 saturated carbocycles. The van der Waals surface area contributed by atoms with Gasteiger partial charge in [-0.25, -0.2) is 0 Å². The first-order valence-corrected chi connectivity index (χ1v) is 11.2. The number of rotatable bonds is 7. The predicted molar refractivity (Wildman–Crippen MR) is 118 cm³/mol. The lowest BCUT2D eigenvalue weighted by Crippen LogP contribution is -2.56. The summed E-state index contributed by atoms with van der Waals surface area (Å²) in [6.45, 7) is 7.81. The van der Waals surface area contributed by atoms with Crippen molar-refractivity contribution in [2.75, 3.05) is 26.2 Å². The molecule has 5 nitrogen and oxygen atoms in total. The van der Waals surface area contributed by atoms with Gasteiger partial charge in [0.05, 0.1) is 10.8 Å². The van der Waals surface area contributed by atoms with E-state index < -0.39 is 6.04 Å². The van der Waals surface area contributed by atoms with E-state index in [9.17, 15) is 9.59 Å². The highest BCUT2D eigenvalue weighted by molar-refractivity contribution is 7.16. The number of amides is 2. The van der Waals surface area contributed by atoms with Crippen LogP contribution in [0.5, 0.6) is 0 Å². The van der Waals surface area contributed by atoms with Gasteiger partial charge in [-0.3, -0.25) is 14.5 Å². The molecule has 1 saturated heterocycles. The Labute approximate surface area is 181 Å². The van der Waals surface area contributed by atoms with Crippen LogP contribution in [0.4, 0.5) is 0 Å². The summed E-state index contributed by atoms with van der Waals surface area (Å²) in [5.74, 6) is -0.0646. The summed E-state index contributed by atoms with van der Waals surface area (Å²) in [4.78, 5) is 31.0. The molecule has 3 rings (SSSR count). The summed E-state index contributed by atoms with van der Waals surface area (Å²) in [6.07, 6.45) is 0.286. The van der Waals surface area contributed by atoms with Crippen molar-refractivity contribution >= 4 is 34.8 Å². The maximum absolute atomic E-state index is 13.1. The van der Waals surface area contributed by atoms with Crippen molar-refractivity contribution in [1.82, 2.24) is 15.1 Å². The number of nitrogens with one attached hydrogen (secondary N) is 1. The molecule has 0 aliphatic carbocycles. The molecule has 0 bridgehead atoms. The second-order valence-corrected chi connectivity index (χ2v) is 9.56. The zero-order valence-corrected chi connectivity index (χ0v) is 18.5. The van der Waals surface area contributed by atoms with E-state index in [1.165, 1.54) is 4.88 Å². The second kappa shape index (κ2) is 10.2. The molecular formula is C22H28ClN3O2S. The van der Waals surface area contributed by atoms with Gasteiger partial charge in [-0.2, -0.15) is 0 Å². The number of piperazine rings is 1. The summed E-state index contributed by atoms with van der Waals surface area (Å²) in [5, 5.41) is 2.96. The van der Waals surface area contributed by atoms with Crippen LogP contribution in [0.25, 0.3) is 0 Å². The third-order valence-electron chi connectivity index (χ3n) is 5.15. The van der Waals surface area contributed by atoms with Gasteiger partial charge in [0.15, 0.2) is 0 Å². The highest BCUT2D eigenvalue weighted by atomic mass is 35.5. The zero-order valence-electron chi connectivity index (χ0n) is 16.9. The minimum atomic E-state index is -0.492. The third-order valence-corrected chi connectivity index (χ3v) is 6.36. The van der Waals surface area contributed by atoms with Gasteiger partial charge < -0.3 is 10.2 Å². The van der Waals surface area contributed by atoms with E-state index in [0.717, 1.165) is 29.5 Å².